The highest BCUT2D eigenvalue weighted by atomic mass is 32.2. The van der Waals surface area contributed by atoms with Crippen LogP contribution in [0.3, 0.4) is 0 Å². The van der Waals surface area contributed by atoms with E-state index in [4.69, 9.17) is 5.73 Å². The molecule has 0 aromatic heterocycles. The van der Waals surface area contributed by atoms with Crippen LogP contribution in [-0.2, 0) is 6.42 Å². The lowest BCUT2D eigenvalue weighted by Gasteiger charge is -2.10. The van der Waals surface area contributed by atoms with E-state index in [1.165, 1.54) is 16.9 Å². The van der Waals surface area contributed by atoms with Crippen LogP contribution in [0, 0.1) is 0 Å². The second-order valence-electron chi connectivity index (χ2n) is 3.76. The number of thioether (sulfide) groups is 1. The third-order valence-corrected chi connectivity index (χ3v) is 3.69. The summed E-state index contributed by atoms with van der Waals surface area (Å²) < 4.78 is 0. The fraction of sp³-hybridized carbons (Fsp3) is 0.455. The quantitative estimate of drug-likeness (QED) is 0.780. The molecule has 0 amide bonds. The molecule has 2 heteroatoms. The molecular formula is C11H15NS. The first kappa shape index (κ1) is 9.10. The van der Waals surface area contributed by atoms with Gasteiger partial charge < -0.3 is 5.73 Å². The Hall–Kier alpha value is -0.470. The lowest BCUT2D eigenvalue weighted by atomic mass is 10.1. The van der Waals surface area contributed by atoms with Gasteiger partial charge in [-0.1, -0.05) is 18.2 Å². The highest BCUT2D eigenvalue weighted by Crippen LogP contribution is 2.38. The van der Waals surface area contributed by atoms with Gasteiger partial charge >= 0.3 is 0 Å². The molecule has 0 aliphatic carbocycles. The average molecular weight is 193 g/mol. The molecule has 1 aromatic rings. The van der Waals surface area contributed by atoms with Gasteiger partial charge in [-0.15, -0.1) is 11.8 Å². The van der Waals surface area contributed by atoms with E-state index < -0.39 is 0 Å². The Kier molecular flexibility index (Phi) is 2.61. The maximum Gasteiger partial charge on any atom is 0.0150 e. The summed E-state index contributed by atoms with van der Waals surface area (Å²) in [5.74, 6) is 0. The molecule has 1 aromatic carbocycles. The van der Waals surface area contributed by atoms with Gasteiger partial charge in [-0.2, -0.15) is 0 Å². The second kappa shape index (κ2) is 3.72. The first-order chi connectivity index (χ1) is 6.25. The molecule has 0 saturated carbocycles. The lowest BCUT2D eigenvalue weighted by Crippen LogP contribution is -2.20. The van der Waals surface area contributed by atoms with Crippen molar-refractivity contribution in [3.8, 4) is 0 Å². The third-order valence-electron chi connectivity index (χ3n) is 2.35. The Morgan fingerprint density at radius 3 is 3.00 bits per heavy atom. The van der Waals surface area contributed by atoms with E-state index in [2.05, 4.69) is 31.2 Å². The van der Waals surface area contributed by atoms with Crippen molar-refractivity contribution >= 4 is 11.8 Å². The zero-order valence-electron chi connectivity index (χ0n) is 7.86. The fourth-order valence-electron chi connectivity index (χ4n) is 1.80. The summed E-state index contributed by atoms with van der Waals surface area (Å²) >= 11 is 1.98. The monoisotopic (exact) mass is 193 g/mol. The molecule has 0 spiro atoms. The van der Waals surface area contributed by atoms with E-state index in [1.54, 1.807) is 0 Å². The second-order valence-corrected chi connectivity index (χ2v) is 5.11. The zero-order chi connectivity index (χ0) is 9.26. The maximum atomic E-state index is 5.79. The van der Waals surface area contributed by atoms with Gasteiger partial charge in [-0.05, 0) is 31.4 Å². The molecule has 0 bridgehead atoms. The summed E-state index contributed by atoms with van der Waals surface area (Å²) in [4.78, 5) is 1.45. The molecule has 1 heterocycles. The SMILES string of the molecule is CC(N)CC1Cc2ccccc2S1. The van der Waals surface area contributed by atoms with E-state index in [9.17, 15) is 0 Å². The van der Waals surface area contributed by atoms with Crippen LogP contribution in [-0.4, -0.2) is 11.3 Å². The van der Waals surface area contributed by atoms with E-state index in [1.807, 2.05) is 11.8 Å². The topological polar surface area (TPSA) is 26.0 Å². The van der Waals surface area contributed by atoms with Crippen LogP contribution in [0.2, 0.25) is 0 Å². The first-order valence-electron chi connectivity index (χ1n) is 4.76. The van der Waals surface area contributed by atoms with Crippen LogP contribution in [0.4, 0.5) is 0 Å². The van der Waals surface area contributed by atoms with E-state index >= 15 is 0 Å². The summed E-state index contributed by atoms with van der Waals surface area (Å²) in [5, 5.41) is 0.706. The van der Waals surface area contributed by atoms with Crippen molar-refractivity contribution in [2.75, 3.05) is 0 Å². The van der Waals surface area contributed by atoms with Crippen LogP contribution >= 0.6 is 11.8 Å². The molecule has 1 aliphatic heterocycles. The van der Waals surface area contributed by atoms with E-state index in [-0.39, 0.29) is 0 Å². The number of hydrogen-bond acceptors (Lipinski definition) is 2. The Labute approximate surface area is 83.7 Å². The minimum Gasteiger partial charge on any atom is -0.328 e. The van der Waals surface area contributed by atoms with Gasteiger partial charge in [-0.25, -0.2) is 0 Å². The normalized spacial score (nSPS) is 22.8. The van der Waals surface area contributed by atoms with Crippen molar-refractivity contribution in [3.63, 3.8) is 0 Å². The van der Waals surface area contributed by atoms with E-state index in [0.717, 1.165) is 6.42 Å². The van der Waals surface area contributed by atoms with Gasteiger partial charge in [0.2, 0.25) is 0 Å². The number of benzene rings is 1. The lowest BCUT2D eigenvalue weighted by molar-refractivity contribution is 0.642. The smallest absolute Gasteiger partial charge is 0.0150 e. The molecule has 13 heavy (non-hydrogen) atoms. The Balaban J connectivity index is 2.05. The number of nitrogens with two attached hydrogens (primary N) is 1. The van der Waals surface area contributed by atoms with Gasteiger partial charge in [0.1, 0.15) is 0 Å². The highest BCUT2D eigenvalue weighted by molar-refractivity contribution is 8.00. The molecule has 2 atom stereocenters. The minimum absolute atomic E-state index is 0.326. The van der Waals surface area contributed by atoms with Crippen molar-refractivity contribution < 1.29 is 0 Å². The van der Waals surface area contributed by atoms with Crippen LogP contribution in [0.15, 0.2) is 29.2 Å². The van der Waals surface area contributed by atoms with Crippen molar-refractivity contribution in [1.82, 2.24) is 0 Å². The van der Waals surface area contributed by atoms with Gasteiger partial charge in [0.05, 0.1) is 0 Å². The standard InChI is InChI=1S/C11H15NS/c1-8(12)6-10-7-9-4-2-3-5-11(9)13-10/h2-5,8,10H,6-7,12H2,1H3. The highest BCUT2D eigenvalue weighted by Gasteiger charge is 2.22. The number of hydrogen-bond donors (Lipinski definition) is 1. The largest absolute Gasteiger partial charge is 0.328 e. The number of fused-ring (bicyclic) bond motifs is 1. The van der Waals surface area contributed by atoms with Crippen LogP contribution in [0.25, 0.3) is 0 Å². The third kappa shape index (κ3) is 2.06. The Morgan fingerprint density at radius 1 is 1.54 bits per heavy atom. The van der Waals surface area contributed by atoms with E-state index in [0.29, 0.717) is 11.3 Å². The van der Waals surface area contributed by atoms with Crippen molar-refractivity contribution in [2.45, 2.75) is 36.0 Å². The summed E-state index contributed by atoms with van der Waals surface area (Å²) in [6.07, 6.45) is 2.32. The van der Waals surface area contributed by atoms with Crippen molar-refractivity contribution in [3.05, 3.63) is 29.8 Å². The predicted octanol–water partition coefficient (Wildman–Crippen LogP) is 2.44. The minimum atomic E-state index is 0.326. The first-order valence-corrected chi connectivity index (χ1v) is 5.64. The zero-order valence-corrected chi connectivity index (χ0v) is 8.68. The van der Waals surface area contributed by atoms with Gasteiger partial charge in [0.15, 0.2) is 0 Å². The molecule has 70 valence electrons. The summed E-state index contributed by atoms with van der Waals surface area (Å²) in [6.45, 7) is 2.09. The van der Waals surface area contributed by atoms with Gasteiger partial charge in [-0.3, -0.25) is 0 Å². The fourth-order valence-corrected chi connectivity index (χ4v) is 3.28. The Bertz CT molecular complexity index is 271. The Morgan fingerprint density at radius 2 is 2.31 bits per heavy atom. The predicted molar refractivity (Wildman–Crippen MR) is 58.1 cm³/mol. The molecule has 1 aliphatic rings. The van der Waals surface area contributed by atoms with Crippen molar-refractivity contribution in [2.24, 2.45) is 5.73 Å². The number of rotatable bonds is 2. The summed E-state index contributed by atoms with van der Waals surface area (Å²) in [5.41, 5.74) is 7.29. The summed E-state index contributed by atoms with van der Waals surface area (Å²) in [6, 6.07) is 8.99. The molecule has 0 radical (unpaired) electrons. The molecular weight excluding hydrogens is 178 g/mol. The van der Waals surface area contributed by atoms with Crippen LogP contribution < -0.4 is 5.73 Å². The van der Waals surface area contributed by atoms with Gasteiger partial charge in [0, 0.05) is 16.2 Å². The molecule has 1 nitrogen and oxygen atoms in total. The van der Waals surface area contributed by atoms with Crippen LogP contribution in [0.5, 0.6) is 0 Å². The summed E-state index contributed by atoms with van der Waals surface area (Å²) in [7, 11) is 0. The molecule has 2 N–H and O–H groups in total. The molecule has 0 saturated heterocycles. The molecule has 2 rings (SSSR count). The molecule has 0 fully saturated rings. The van der Waals surface area contributed by atoms with Crippen LogP contribution in [0.1, 0.15) is 18.9 Å². The average Bonchev–Trinajstić information content (AvgIpc) is 2.44. The maximum absolute atomic E-state index is 5.79. The molecule has 2 unspecified atom stereocenters. The van der Waals surface area contributed by atoms with Crippen molar-refractivity contribution in [1.29, 1.82) is 0 Å². The van der Waals surface area contributed by atoms with Gasteiger partial charge in [0.25, 0.3) is 0 Å².